The van der Waals surface area contributed by atoms with E-state index in [1.165, 1.54) is 0 Å². The maximum Gasteiger partial charge on any atom is 0.253 e. The zero-order valence-corrected chi connectivity index (χ0v) is 17.2. The summed E-state index contributed by atoms with van der Waals surface area (Å²) in [5.41, 5.74) is 1.45. The number of rotatable bonds is 4. The molecule has 0 spiro atoms. The maximum absolute atomic E-state index is 12.8. The average molecular weight is 443 g/mol. The number of carbonyl (C=O) groups is 2. The van der Waals surface area contributed by atoms with Gasteiger partial charge in [0.1, 0.15) is 5.82 Å². The molecule has 2 fully saturated rings. The number of halogens is 1. The Kier molecular flexibility index (Phi) is 5.62. The molecule has 0 bridgehead atoms. The van der Waals surface area contributed by atoms with Gasteiger partial charge in [-0.1, -0.05) is 15.9 Å². The molecule has 1 aromatic carbocycles. The molecule has 0 unspecified atom stereocenters. The molecule has 28 heavy (non-hydrogen) atoms. The standard InChI is InChI=1S/C21H23BrN4O2/c22-17-6-4-16(5-7-17)21(28)26-11-1-10-25(12-13-26)19-9-8-18(14-23-19)24-20(27)15-2-3-15/h4-9,14-15H,1-3,10-13H2,(H,24,27). The minimum atomic E-state index is 0.0699. The fraction of sp³-hybridized carbons (Fsp3) is 0.381. The number of amides is 2. The lowest BCUT2D eigenvalue weighted by Crippen LogP contribution is -2.35. The molecule has 1 aliphatic carbocycles. The van der Waals surface area contributed by atoms with Crippen LogP contribution in [0.15, 0.2) is 47.1 Å². The molecule has 7 heteroatoms. The predicted octanol–water partition coefficient (Wildman–Crippen LogP) is 3.55. The Morgan fingerprint density at radius 1 is 1.00 bits per heavy atom. The molecule has 146 valence electrons. The third kappa shape index (κ3) is 4.52. The number of nitrogens with zero attached hydrogens (tertiary/aromatic N) is 3. The summed E-state index contributed by atoms with van der Waals surface area (Å²) in [7, 11) is 0. The summed E-state index contributed by atoms with van der Waals surface area (Å²) in [5, 5.41) is 2.91. The van der Waals surface area contributed by atoms with E-state index in [2.05, 4.69) is 31.1 Å². The fourth-order valence-corrected chi connectivity index (χ4v) is 3.63. The van der Waals surface area contributed by atoms with E-state index in [0.717, 1.165) is 54.9 Å². The van der Waals surface area contributed by atoms with Crippen molar-refractivity contribution in [1.82, 2.24) is 9.88 Å². The van der Waals surface area contributed by atoms with Crippen molar-refractivity contribution in [2.45, 2.75) is 19.3 Å². The largest absolute Gasteiger partial charge is 0.355 e. The van der Waals surface area contributed by atoms with Crippen molar-refractivity contribution in [2.75, 3.05) is 36.4 Å². The first kappa shape index (κ1) is 18.9. The van der Waals surface area contributed by atoms with Gasteiger partial charge in [-0.15, -0.1) is 0 Å². The van der Waals surface area contributed by atoms with Gasteiger partial charge in [-0.2, -0.15) is 0 Å². The summed E-state index contributed by atoms with van der Waals surface area (Å²) in [4.78, 5) is 33.2. The Morgan fingerprint density at radius 2 is 1.79 bits per heavy atom. The van der Waals surface area contributed by atoms with Crippen molar-refractivity contribution in [1.29, 1.82) is 0 Å². The molecule has 2 amide bonds. The van der Waals surface area contributed by atoms with E-state index in [-0.39, 0.29) is 17.7 Å². The number of aromatic nitrogens is 1. The lowest BCUT2D eigenvalue weighted by atomic mass is 10.2. The Bertz CT molecular complexity index is 850. The van der Waals surface area contributed by atoms with Crippen LogP contribution in [-0.2, 0) is 4.79 Å². The van der Waals surface area contributed by atoms with E-state index in [1.807, 2.05) is 41.3 Å². The molecule has 2 heterocycles. The first-order valence-corrected chi connectivity index (χ1v) is 10.5. The normalized spacial score (nSPS) is 17.2. The van der Waals surface area contributed by atoms with Gasteiger partial charge in [-0.3, -0.25) is 9.59 Å². The van der Waals surface area contributed by atoms with Gasteiger partial charge in [0, 0.05) is 42.1 Å². The van der Waals surface area contributed by atoms with Gasteiger partial charge in [0.15, 0.2) is 0 Å². The molecule has 6 nitrogen and oxygen atoms in total. The van der Waals surface area contributed by atoms with E-state index in [0.29, 0.717) is 12.1 Å². The van der Waals surface area contributed by atoms with Gasteiger partial charge in [0.05, 0.1) is 11.9 Å². The second-order valence-corrected chi connectivity index (χ2v) is 8.22. The van der Waals surface area contributed by atoms with E-state index in [1.54, 1.807) is 6.20 Å². The fourth-order valence-electron chi connectivity index (χ4n) is 3.36. The predicted molar refractivity (Wildman–Crippen MR) is 112 cm³/mol. The van der Waals surface area contributed by atoms with E-state index in [4.69, 9.17) is 0 Å². The van der Waals surface area contributed by atoms with Gasteiger partial charge >= 0.3 is 0 Å². The highest BCUT2D eigenvalue weighted by atomic mass is 79.9. The monoisotopic (exact) mass is 442 g/mol. The van der Waals surface area contributed by atoms with E-state index >= 15 is 0 Å². The molecule has 4 rings (SSSR count). The van der Waals surface area contributed by atoms with Crippen LogP contribution in [0.3, 0.4) is 0 Å². The van der Waals surface area contributed by atoms with Crippen LogP contribution in [0, 0.1) is 5.92 Å². The summed E-state index contributed by atoms with van der Waals surface area (Å²) in [5.74, 6) is 1.22. The average Bonchev–Trinajstić information content (AvgIpc) is 3.56. The highest BCUT2D eigenvalue weighted by Gasteiger charge is 2.29. The summed E-state index contributed by atoms with van der Waals surface area (Å²) in [6, 6.07) is 11.3. The first-order valence-electron chi connectivity index (χ1n) is 9.67. The SMILES string of the molecule is O=C(Nc1ccc(N2CCCN(C(=O)c3ccc(Br)cc3)CC2)nc1)C1CC1. The molecular weight excluding hydrogens is 420 g/mol. The number of nitrogens with one attached hydrogen (secondary N) is 1. The molecule has 0 atom stereocenters. The third-order valence-electron chi connectivity index (χ3n) is 5.16. The summed E-state index contributed by atoms with van der Waals surface area (Å²) in [6.07, 6.45) is 4.58. The molecule has 0 radical (unpaired) electrons. The van der Waals surface area contributed by atoms with Crippen LogP contribution in [0.2, 0.25) is 0 Å². The molecule has 1 N–H and O–H groups in total. The number of hydrogen-bond acceptors (Lipinski definition) is 4. The lowest BCUT2D eigenvalue weighted by molar-refractivity contribution is -0.117. The molecule has 1 aliphatic heterocycles. The van der Waals surface area contributed by atoms with Crippen molar-refractivity contribution in [3.05, 3.63) is 52.6 Å². The summed E-state index contributed by atoms with van der Waals surface area (Å²) < 4.78 is 0.967. The Hall–Kier alpha value is -2.41. The van der Waals surface area contributed by atoms with Crippen LogP contribution in [0.5, 0.6) is 0 Å². The summed E-state index contributed by atoms with van der Waals surface area (Å²) in [6.45, 7) is 2.99. The molecule has 1 saturated heterocycles. The van der Waals surface area contributed by atoms with Crippen LogP contribution < -0.4 is 10.2 Å². The zero-order chi connectivity index (χ0) is 19.5. The number of carbonyl (C=O) groups excluding carboxylic acids is 2. The molecule has 1 saturated carbocycles. The minimum absolute atomic E-state index is 0.0699. The number of anilines is 2. The molecule has 1 aromatic heterocycles. The minimum Gasteiger partial charge on any atom is -0.355 e. The van der Waals surface area contributed by atoms with Crippen molar-refractivity contribution < 1.29 is 9.59 Å². The maximum atomic E-state index is 12.8. The van der Waals surface area contributed by atoms with Crippen LogP contribution in [0.1, 0.15) is 29.6 Å². The zero-order valence-electron chi connectivity index (χ0n) is 15.6. The second kappa shape index (κ2) is 8.31. The van der Waals surface area contributed by atoms with E-state index < -0.39 is 0 Å². The number of hydrogen-bond donors (Lipinski definition) is 1. The first-order chi connectivity index (χ1) is 13.6. The molecule has 2 aromatic rings. The smallest absolute Gasteiger partial charge is 0.253 e. The van der Waals surface area contributed by atoms with Crippen molar-refractivity contribution >= 4 is 39.2 Å². The van der Waals surface area contributed by atoms with Crippen LogP contribution in [-0.4, -0.2) is 47.9 Å². The van der Waals surface area contributed by atoms with Gasteiger partial charge in [-0.25, -0.2) is 4.98 Å². The highest BCUT2D eigenvalue weighted by Crippen LogP contribution is 2.30. The Balaban J connectivity index is 1.36. The number of benzene rings is 1. The highest BCUT2D eigenvalue weighted by molar-refractivity contribution is 9.10. The topological polar surface area (TPSA) is 65.5 Å². The Morgan fingerprint density at radius 3 is 2.46 bits per heavy atom. The van der Waals surface area contributed by atoms with Gasteiger partial charge in [0.25, 0.3) is 5.91 Å². The quantitative estimate of drug-likeness (QED) is 0.785. The van der Waals surface area contributed by atoms with Crippen LogP contribution >= 0.6 is 15.9 Å². The second-order valence-electron chi connectivity index (χ2n) is 7.31. The molecule has 2 aliphatic rings. The molecular formula is C21H23BrN4O2. The van der Waals surface area contributed by atoms with Crippen molar-refractivity contribution in [3.63, 3.8) is 0 Å². The van der Waals surface area contributed by atoms with Gasteiger partial charge in [0.2, 0.25) is 5.91 Å². The number of pyridine rings is 1. The van der Waals surface area contributed by atoms with Gasteiger partial charge in [-0.05, 0) is 55.7 Å². The lowest BCUT2D eigenvalue weighted by Gasteiger charge is -2.23. The van der Waals surface area contributed by atoms with Crippen molar-refractivity contribution in [2.24, 2.45) is 5.92 Å². The third-order valence-corrected chi connectivity index (χ3v) is 5.69. The summed E-state index contributed by atoms with van der Waals surface area (Å²) >= 11 is 3.40. The van der Waals surface area contributed by atoms with Gasteiger partial charge < -0.3 is 15.1 Å². The Labute approximate surface area is 173 Å². The van der Waals surface area contributed by atoms with Crippen molar-refractivity contribution in [3.8, 4) is 0 Å². The van der Waals surface area contributed by atoms with Crippen LogP contribution in [0.25, 0.3) is 0 Å². The van der Waals surface area contributed by atoms with E-state index in [9.17, 15) is 9.59 Å². The van der Waals surface area contributed by atoms with Crippen LogP contribution in [0.4, 0.5) is 11.5 Å².